The number of nitrogens with one attached hydrogen (secondary N) is 6. The van der Waals surface area contributed by atoms with Crippen LogP contribution in [0.3, 0.4) is 0 Å². The number of esters is 1. The molecule has 0 fully saturated rings. The highest BCUT2D eigenvalue weighted by molar-refractivity contribution is 6.14. The second kappa shape index (κ2) is 40.2. The van der Waals surface area contributed by atoms with E-state index in [0.717, 1.165) is 12.2 Å². The number of carboxylic acid groups (broad SMARTS) is 1. The summed E-state index contributed by atoms with van der Waals surface area (Å²) in [6.07, 6.45) is 3.14. The number of carbonyl (C=O) groups excluding carboxylic acids is 14. The maximum atomic E-state index is 14.0. The Morgan fingerprint density at radius 3 is 1.67 bits per heavy atom. The van der Waals surface area contributed by atoms with Gasteiger partial charge >= 0.3 is 11.9 Å². The van der Waals surface area contributed by atoms with Crippen LogP contribution in [0.2, 0.25) is 0 Å². The van der Waals surface area contributed by atoms with Gasteiger partial charge in [-0.3, -0.25) is 92.0 Å². The molecule has 1 aliphatic rings. The molecule has 0 unspecified atom stereocenters. The number of anilines is 2. The van der Waals surface area contributed by atoms with Crippen LogP contribution in [0.1, 0.15) is 132 Å². The predicted octanol–water partition coefficient (Wildman–Crippen LogP) is 1.06. The van der Waals surface area contributed by atoms with Crippen molar-refractivity contribution in [3.8, 4) is 11.5 Å². The van der Waals surface area contributed by atoms with Gasteiger partial charge in [-0.2, -0.15) is 10.2 Å². The molecule has 6 aromatic rings. The summed E-state index contributed by atoms with van der Waals surface area (Å²) in [4.78, 5) is 199. The third-order valence-corrected chi connectivity index (χ3v) is 16.4. The van der Waals surface area contributed by atoms with Crippen LogP contribution in [-0.2, 0) is 93.1 Å². The first-order valence-electron chi connectivity index (χ1n) is 34.5. The lowest BCUT2D eigenvalue weighted by atomic mass is 9.95. The number of aryl methyl sites for hydroxylation is 4. The zero-order chi connectivity index (χ0) is 78.7. The van der Waals surface area contributed by atoms with Gasteiger partial charge in [0.25, 0.3) is 23.6 Å². The van der Waals surface area contributed by atoms with Crippen molar-refractivity contribution in [3.63, 3.8) is 0 Å². The topological polar surface area (TPSA) is 521 Å². The first kappa shape index (κ1) is 82.9. The van der Waals surface area contributed by atoms with E-state index in [1.54, 1.807) is 51.9 Å². The quantitative estimate of drug-likeness (QED) is 0.0112. The van der Waals surface area contributed by atoms with Gasteiger partial charge in [-0.25, -0.2) is 14.8 Å². The van der Waals surface area contributed by atoms with Crippen LogP contribution in [0.15, 0.2) is 60.7 Å². The molecule has 4 aromatic heterocycles. The molecular weight excluding hydrogens is 1410 g/mol. The monoisotopic (exact) mass is 1500 g/mol. The lowest BCUT2D eigenvalue weighted by Gasteiger charge is -2.18. The van der Waals surface area contributed by atoms with Crippen molar-refractivity contribution in [1.29, 1.82) is 0 Å². The number of aliphatic carboxylic acids is 1. The van der Waals surface area contributed by atoms with Crippen molar-refractivity contribution >= 4 is 122 Å². The summed E-state index contributed by atoms with van der Waals surface area (Å²) >= 11 is 0. The molecule has 2 atom stereocenters. The Morgan fingerprint density at radius 2 is 1.12 bits per heavy atom. The number of hydrogen-bond donors (Lipinski definition) is 9. The first-order valence-corrected chi connectivity index (χ1v) is 34.5. The normalized spacial score (nSPS) is 12.4. The highest BCUT2D eigenvalue weighted by Gasteiger charge is 2.31. The van der Waals surface area contributed by atoms with Gasteiger partial charge in [-0.15, -0.1) is 0 Å². The minimum atomic E-state index is -1.18. The maximum absolute atomic E-state index is 14.0. The van der Waals surface area contributed by atoms with E-state index in [1.807, 2.05) is 13.8 Å². The van der Waals surface area contributed by atoms with Crippen molar-refractivity contribution in [2.45, 2.75) is 125 Å². The Labute approximate surface area is 617 Å². The van der Waals surface area contributed by atoms with Gasteiger partial charge in [0.05, 0.1) is 95.2 Å². The number of nitrogens with zero attached hydrogens (tertiary/aromatic N) is 9. The predicted molar refractivity (Wildman–Crippen MR) is 382 cm³/mol. The van der Waals surface area contributed by atoms with Gasteiger partial charge in [0, 0.05) is 107 Å². The average Bonchev–Trinajstić information content (AvgIpc) is 1.62. The summed E-state index contributed by atoms with van der Waals surface area (Å²) < 4.78 is 34.8. The molecule has 5 heterocycles. The van der Waals surface area contributed by atoms with E-state index in [0.29, 0.717) is 40.4 Å². The summed E-state index contributed by atoms with van der Waals surface area (Å²) in [5.41, 5.74) is 14.6. The number of carboxylic acids is 1. The van der Waals surface area contributed by atoms with Crippen molar-refractivity contribution < 1.29 is 101 Å². The number of methoxy groups -OCH3 is 1. The Morgan fingerprint density at radius 1 is 0.593 bits per heavy atom. The number of nitrogens with two attached hydrogens (primary N) is 2. The number of aromatic nitrogens is 8. The molecule has 7 rings (SSSR count). The smallest absolute Gasteiger partial charge is 0.328 e. The number of fused-ring (bicyclic) bond motifs is 2. The van der Waals surface area contributed by atoms with Crippen LogP contribution in [0.25, 0.3) is 22.1 Å². The fourth-order valence-corrected chi connectivity index (χ4v) is 11.0. The van der Waals surface area contributed by atoms with E-state index in [-0.39, 0.29) is 161 Å². The summed E-state index contributed by atoms with van der Waals surface area (Å²) in [5.74, 6) is -10.9. The number of imide groups is 1. The van der Waals surface area contributed by atoms with Crippen LogP contribution < -0.4 is 52.8 Å². The fraction of sp³-hybridized carbons (Fsp3) is 0.443. The van der Waals surface area contributed by atoms with Crippen molar-refractivity contribution in [3.05, 3.63) is 94.6 Å². The number of hydrogen-bond acceptors (Lipinski definition) is 24. The minimum Gasteiger partial charge on any atom is -0.494 e. The molecule has 0 saturated heterocycles. The lowest BCUT2D eigenvalue weighted by Crippen LogP contribution is -2.40. The number of imidazole rings is 2. The van der Waals surface area contributed by atoms with E-state index in [1.165, 1.54) is 43.0 Å². The Balaban J connectivity index is 0.869. The summed E-state index contributed by atoms with van der Waals surface area (Å²) in [6, 6.07) is 7.99. The molecule has 0 aliphatic carbocycles. The Bertz CT molecular complexity index is 4450. The third-order valence-electron chi connectivity index (χ3n) is 16.4. The highest BCUT2D eigenvalue weighted by Crippen LogP contribution is 2.34. The van der Waals surface area contributed by atoms with Gasteiger partial charge in [0.1, 0.15) is 40.0 Å². The van der Waals surface area contributed by atoms with Crippen LogP contribution in [0, 0.1) is 19.8 Å². The number of ether oxygens (including phenoxy) is 5. The molecule has 0 bridgehead atoms. The molecule has 108 heavy (non-hydrogen) atoms. The van der Waals surface area contributed by atoms with E-state index >= 15 is 0 Å². The van der Waals surface area contributed by atoms with Crippen LogP contribution in [0.4, 0.5) is 11.9 Å². The highest BCUT2D eigenvalue weighted by atomic mass is 16.5. The summed E-state index contributed by atoms with van der Waals surface area (Å²) in [5, 5.41) is 33.1. The molecule has 0 spiro atoms. The lowest BCUT2D eigenvalue weighted by molar-refractivity contribution is -0.147. The van der Waals surface area contributed by atoms with E-state index in [4.69, 9.17) is 45.2 Å². The molecule has 38 nitrogen and oxygen atoms in total. The third kappa shape index (κ3) is 24.1. The van der Waals surface area contributed by atoms with Gasteiger partial charge in [-0.05, 0) is 77.4 Å². The SMILES string of the molecule is CCn1nc(C)cc1C(=O)Nc1nc2cc(C(N)=O)cc(OC)c2n1C/C=C/Cn1c(NC(=O)c2cc(C)nn2CC)nc2cc(C(N)=O)cc(OCCCOC(=O)[C@H](C)NC(=O)CCOCCOCCNC(=O)CC[C@H](CC(=O)CN3C(=O)C=CC3=O)C(=O)NCC(=O)CCC(=O)NCC(=O)CCC(=O)O)c21. The first-order chi connectivity index (χ1) is 51.6. The standard InChI is InChI=1S/C70H87N17O21/c1-7-86-51(30-40(3)81-86)66(101)79-69-77-49-33-44(63(71)98)35-53(104-6)61(49)83(69)22-9-10-23-84-62-50(78-70(84)80-67(102)52-31-41(4)82-87(52)8-2)34-45(64(72)99)36-54(62)107-24-11-25-108-68(103)42(5)76-57(93)20-26-105-28-29-106-27-21-73-55(91)15-12-43(32-48(90)39-85-58(94)17-18-59(85)95)65(100)75-38-46(88)13-16-56(92)74-37-47(89)14-19-60(96)97/h9-10,17-18,30-31,33-36,42-43H,7-8,11-16,19-29,32,37-39H2,1-6H3,(H2,71,98)(H2,72,99)(H,73,91)(H,74,92)(H,75,100)(H,76,93)(H,96,97)(H,77,79,101)(H,78,80,102)/b10-9+/t42-,43+/m0/s1. The van der Waals surface area contributed by atoms with E-state index in [2.05, 4.69) is 47.1 Å². The number of benzene rings is 2. The second-order valence-electron chi connectivity index (χ2n) is 24.6. The average molecular weight is 1500 g/mol. The number of ketones is 3. The summed E-state index contributed by atoms with van der Waals surface area (Å²) in [6.45, 7) is 7.71. The molecule has 10 amide bonds. The van der Waals surface area contributed by atoms with Gasteiger partial charge in [0.2, 0.25) is 47.3 Å². The number of amides is 10. The van der Waals surface area contributed by atoms with Gasteiger partial charge in [-0.1, -0.05) is 12.2 Å². The fourth-order valence-electron chi connectivity index (χ4n) is 11.0. The van der Waals surface area contributed by atoms with Gasteiger partial charge in [0.15, 0.2) is 17.3 Å². The molecule has 11 N–H and O–H groups in total. The van der Waals surface area contributed by atoms with Crippen molar-refractivity contribution in [2.24, 2.45) is 17.4 Å². The second-order valence-corrected chi connectivity index (χ2v) is 24.6. The van der Waals surface area contributed by atoms with Crippen molar-refractivity contribution in [1.82, 2.24) is 64.8 Å². The van der Waals surface area contributed by atoms with Crippen LogP contribution in [-0.4, -0.2) is 216 Å². The van der Waals surface area contributed by atoms with Gasteiger partial charge < -0.3 is 70.7 Å². The molecule has 2 aromatic carbocycles. The minimum absolute atomic E-state index is 0.00615. The number of primary amides is 2. The molecule has 1 aliphatic heterocycles. The molecule has 38 heteroatoms. The van der Waals surface area contributed by atoms with Crippen LogP contribution in [0.5, 0.6) is 11.5 Å². The largest absolute Gasteiger partial charge is 0.494 e. The van der Waals surface area contributed by atoms with E-state index < -0.39 is 133 Å². The van der Waals surface area contributed by atoms with Crippen molar-refractivity contribution in [2.75, 3.05) is 83.6 Å². The maximum Gasteiger partial charge on any atom is 0.328 e. The number of allylic oxidation sites excluding steroid dienone is 2. The molecular formula is C70H87N17O21. The van der Waals surface area contributed by atoms with Crippen LogP contribution >= 0.6 is 0 Å². The van der Waals surface area contributed by atoms with E-state index in [9.17, 15) is 71.9 Å². The zero-order valence-electron chi connectivity index (χ0n) is 60.5. The zero-order valence-corrected chi connectivity index (χ0v) is 60.5. The molecule has 0 radical (unpaired) electrons. The summed E-state index contributed by atoms with van der Waals surface area (Å²) in [7, 11) is 1.41. The Kier molecular flexibility index (Phi) is 30.9. The molecule has 578 valence electrons. The molecule has 0 saturated carbocycles. The number of carbonyl (C=O) groups is 15. The number of Topliss-reactive ketones (excluding diaryl/α,β-unsaturated/α-hetero) is 3. The number of rotatable bonds is 47. The Hall–Kier alpha value is -12.4.